The van der Waals surface area contributed by atoms with Gasteiger partial charge in [0, 0.05) is 24.4 Å². The number of halogens is 1. The zero-order valence-corrected chi connectivity index (χ0v) is 12.9. The number of nitrogens with one attached hydrogen (secondary N) is 1. The molecule has 6 heteroatoms. The Morgan fingerprint density at radius 1 is 1.35 bits per heavy atom. The molecule has 0 fully saturated rings. The Labute approximate surface area is 138 Å². The van der Waals surface area contributed by atoms with E-state index in [1.54, 1.807) is 24.4 Å². The van der Waals surface area contributed by atoms with E-state index in [0.29, 0.717) is 17.6 Å². The fraction of sp³-hybridized carbons (Fsp3) is 0.0588. The van der Waals surface area contributed by atoms with E-state index in [0.717, 1.165) is 22.3 Å². The molecule has 2 aliphatic rings. The highest BCUT2D eigenvalue weighted by atomic mass is 35.5. The number of carbonyl (C=O) groups is 1. The molecule has 0 atom stereocenters. The second kappa shape index (κ2) is 6.54. The summed E-state index contributed by atoms with van der Waals surface area (Å²) in [7, 11) is 0. The van der Waals surface area contributed by atoms with Gasteiger partial charge in [0.2, 0.25) is 11.1 Å². The summed E-state index contributed by atoms with van der Waals surface area (Å²) in [5.41, 5.74) is 9.09. The Bertz CT molecular complexity index is 824. The minimum absolute atomic E-state index is 0.192. The van der Waals surface area contributed by atoms with E-state index in [2.05, 4.69) is 10.3 Å². The number of hydrogen-bond acceptors (Lipinski definition) is 4. The SMILES string of the molecule is Nc1ccc(/C=C/C(=O)NCc2cc3ccoc(Cl)c-3c2)cn1. The normalized spacial score (nSPS) is 11.2. The Kier molecular flexibility index (Phi) is 4.30. The number of aromatic nitrogens is 1. The van der Waals surface area contributed by atoms with Gasteiger partial charge in [-0.25, -0.2) is 4.98 Å². The summed E-state index contributed by atoms with van der Waals surface area (Å²) >= 11 is 5.98. The summed E-state index contributed by atoms with van der Waals surface area (Å²) in [6.45, 7) is 0.411. The zero-order chi connectivity index (χ0) is 16.2. The zero-order valence-electron chi connectivity index (χ0n) is 12.1. The molecular formula is C17H14ClN3O2. The van der Waals surface area contributed by atoms with Crippen LogP contribution in [0.2, 0.25) is 5.22 Å². The standard InChI is InChI=1S/C17H14ClN3O2/c18-17-14-8-12(7-13(14)5-6-23-17)10-21-16(22)4-2-11-1-3-15(19)20-9-11/h1-9H,10H2,(H2,19,20)(H,21,22)/b4-2+. The van der Waals surface area contributed by atoms with Crippen LogP contribution >= 0.6 is 11.6 Å². The first-order valence-electron chi connectivity index (χ1n) is 6.95. The molecule has 1 amide bonds. The van der Waals surface area contributed by atoms with E-state index in [4.69, 9.17) is 21.8 Å². The maximum Gasteiger partial charge on any atom is 0.244 e. The molecule has 1 aliphatic heterocycles. The van der Waals surface area contributed by atoms with Crippen molar-refractivity contribution in [3.63, 3.8) is 0 Å². The average molecular weight is 328 g/mol. The fourth-order valence-corrected chi connectivity index (χ4v) is 2.38. The van der Waals surface area contributed by atoms with Gasteiger partial charge in [0.05, 0.1) is 6.26 Å². The van der Waals surface area contributed by atoms with Crippen molar-refractivity contribution < 1.29 is 9.21 Å². The van der Waals surface area contributed by atoms with Gasteiger partial charge in [-0.3, -0.25) is 4.79 Å². The van der Waals surface area contributed by atoms with Gasteiger partial charge in [0.25, 0.3) is 0 Å². The Balaban J connectivity index is 1.61. The van der Waals surface area contributed by atoms with Crippen LogP contribution < -0.4 is 11.1 Å². The van der Waals surface area contributed by atoms with Crippen LogP contribution in [0.5, 0.6) is 0 Å². The van der Waals surface area contributed by atoms with Gasteiger partial charge < -0.3 is 15.5 Å². The van der Waals surface area contributed by atoms with Crippen LogP contribution in [-0.2, 0) is 11.3 Å². The van der Waals surface area contributed by atoms with E-state index in [1.165, 1.54) is 12.3 Å². The van der Waals surface area contributed by atoms with Gasteiger partial charge in [0.15, 0.2) is 0 Å². The van der Waals surface area contributed by atoms with Crippen LogP contribution in [0.4, 0.5) is 5.82 Å². The largest absolute Gasteiger partial charge is 0.452 e. The summed E-state index contributed by atoms with van der Waals surface area (Å²) in [4.78, 5) is 15.8. The van der Waals surface area contributed by atoms with Crippen molar-refractivity contribution in [3.8, 4) is 11.1 Å². The lowest BCUT2D eigenvalue weighted by Gasteiger charge is -1.99. The molecule has 23 heavy (non-hydrogen) atoms. The number of hydrogen-bond donors (Lipinski definition) is 2. The molecule has 3 N–H and O–H groups in total. The topological polar surface area (TPSA) is 81.2 Å². The molecule has 1 aromatic heterocycles. The first-order chi connectivity index (χ1) is 11.1. The number of fused-ring (bicyclic) bond motifs is 1. The van der Waals surface area contributed by atoms with Crippen LogP contribution in [-0.4, -0.2) is 10.9 Å². The van der Waals surface area contributed by atoms with Crippen molar-refractivity contribution in [2.24, 2.45) is 0 Å². The number of nitrogens with two attached hydrogens (primary N) is 1. The van der Waals surface area contributed by atoms with Crippen LogP contribution in [0, 0.1) is 0 Å². The van der Waals surface area contributed by atoms with Crippen LogP contribution in [0.3, 0.4) is 0 Å². The average Bonchev–Trinajstić information content (AvgIpc) is 2.97. The third kappa shape index (κ3) is 3.70. The third-order valence-corrected chi connectivity index (χ3v) is 3.61. The predicted octanol–water partition coefficient (Wildman–Crippen LogP) is 3.34. The fourth-order valence-electron chi connectivity index (χ4n) is 2.16. The number of anilines is 1. The van der Waals surface area contributed by atoms with E-state index >= 15 is 0 Å². The van der Waals surface area contributed by atoms with Crippen LogP contribution in [0.15, 0.2) is 53.3 Å². The number of nitrogens with zero attached hydrogens (tertiary/aromatic N) is 1. The molecule has 1 aromatic rings. The molecule has 5 nitrogen and oxygen atoms in total. The minimum atomic E-state index is -0.192. The molecule has 0 unspecified atom stereocenters. The predicted molar refractivity (Wildman–Crippen MR) is 89.9 cm³/mol. The molecule has 1 aliphatic carbocycles. The van der Waals surface area contributed by atoms with Gasteiger partial charge in [-0.2, -0.15) is 0 Å². The lowest BCUT2D eigenvalue weighted by Crippen LogP contribution is -2.19. The highest BCUT2D eigenvalue weighted by molar-refractivity contribution is 6.31. The summed E-state index contributed by atoms with van der Waals surface area (Å²) in [6.07, 6.45) is 6.28. The van der Waals surface area contributed by atoms with Crippen molar-refractivity contribution in [1.82, 2.24) is 10.3 Å². The van der Waals surface area contributed by atoms with Gasteiger partial charge in [-0.1, -0.05) is 0 Å². The quantitative estimate of drug-likeness (QED) is 0.720. The maximum absolute atomic E-state index is 11.9. The van der Waals surface area contributed by atoms with Crippen molar-refractivity contribution in [3.05, 3.63) is 65.2 Å². The monoisotopic (exact) mass is 327 g/mol. The van der Waals surface area contributed by atoms with E-state index in [1.807, 2.05) is 18.2 Å². The molecule has 0 radical (unpaired) electrons. The third-order valence-electron chi connectivity index (χ3n) is 3.32. The molecular weight excluding hydrogens is 314 g/mol. The molecule has 3 rings (SSSR count). The lowest BCUT2D eigenvalue weighted by atomic mass is 10.2. The van der Waals surface area contributed by atoms with Crippen LogP contribution in [0.25, 0.3) is 17.2 Å². The second-order valence-electron chi connectivity index (χ2n) is 4.99. The summed E-state index contributed by atoms with van der Waals surface area (Å²) in [5, 5.41) is 3.16. The van der Waals surface area contributed by atoms with Crippen LogP contribution in [0.1, 0.15) is 11.1 Å². The smallest absolute Gasteiger partial charge is 0.244 e. The summed E-state index contributed by atoms with van der Waals surface area (Å²) < 4.78 is 5.13. The van der Waals surface area contributed by atoms with Crippen molar-refractivity contribution in [2.75, 3.05) is 5.73 Å². The minimum Gasteiger partial charge on any atom is -0.452 e. The molecule has 0 bridgehead atoms. The summed E-state index contributed by atoms with van der Waals surface area (Å²) in [6, 6.07) is 9.17. The molecule has 116 valence electrons. The molecule has 0 spiro atoms. The van der Waals surface area contributed by atoms with E-state index in [-0.39, 0.29) is 5.91 Å². The maximum atomic E-state index is 11.9. The Hall–Kier alpha value is -2.79. The first-order valence-corrected chi connectivity index (χ1v) is 7.33. The number of carbonyl (C=O) groups excluding carboxylic acids is 1. The Morgan fingerprint density at radius 2 is 2.22 bits per heavy atom. The van der Waals surface area contributed by atoms with Crippen molar-refractivity contribution in [1.29, 1.82) is 0 Å². The van der Waals surface area contributed by atoms with Gasteiger partial charge in [0.1, 0.15) is 5.82 Å². The molecule has 0 saturated carbocycles. The van der Waals surface area contributed by atoms with Gasteiger partial charge in [-0.05, 0) is 64.7 Å². The molecule has 0 aromatic carbocycles. The van der Waals surface area contributed by atoms with E-state index < -0.39 is 0 Å². The van der Waals surface area contributed by atoms with Crippen molar-refractivity contribution >= 4 is 29.4 Å². The van der Waals surface area contributed by atoms with Gasteiger partial charge >= 0.3 is 0 Å². The highest BCUT2D eigenvalue weighted by Crippen LogP contribution is 2.32. The van der Waals surface area contributed by atoms with E-state index in [9.17, 15) is 4.79 Å². The Morgan fingerprint density at radius 3 is 2.96 bits per heavy atom. The second-order valence-corrected chi connectivity index (χ2v) is 5.34. The highest BCUT2D eigenvalue weighted by Gasteiger charge is 2.11. The number of amides is 1. The molecule has 0 saturated heterocycles. The first kappa shape index (κ1) is 15.1. The lowest BCUT2D eigenvalue weighted by molar-refractivity contribution is -0.116. The number of nitrogen functional groups attached to an aromatic ring is 1. The number of rotatable bonds is 4. The molecule has 2 heterocycles. The van der Waals surface area contributed by atoms with Gasteiger partial charge in [-0.15, -0.1) is 0 Å². The summed E-state index contributed by atoms with van der Waals surface area (Å²) in [5.74, 6) is 0.253. The van der Waals surface area contributed by atoms with Crippen molar-refractivity contribution in [2.45, 2.75) is 6.54 Å². The number of pyridine rings is 1.